The van der Waals surface area contributed by atoms with Crippen molar-refractivity contribution in [2.24, 2.45) is 0 Å². The van der Waals surface area contributed by atoms with Gasteiger partial charge in [0.1, 0.15) is 11.5 Å². The van der Waals surface area contributed by atoms with Crippen molar-refractivity contribution < 1.29 is 28.7 Å². The Hall–Kier alpha value is -4.76. The van der Waals surface area contributed by atoms with E-state index in [-0.39, 0.29) is 24.5 Å². The second-order valence-electron chi connectivity index (χ2n) is 11.0. The molecule has 0 radical (unpaired) electrons. The SMILES string of the molecule is CCCCCCCOc1ccc(C(=O)Oc2ccc(C[C@H](NC(=O)c3ccc(NC(=O)Cc4cccs4)cc3)C(C)=O)cc2)cc1. The van der Waals surface area contributed by atoms with Gasteiger partial charge in [-0.1, -0.05) is 50.8 Å². The van der Waals surface area contributed by atoms with Crippen molar-refractivity contribution in [3.63, 3.8) is 0 Å². The Morgan fingerprint density at radius 2 is 1.46 bits per heavy atom. The van der Waals surface area contributed by atoms with Crippen LogP contribution < -0.4 is 20.1 Å². The summed E-state index contributed by atoms with van der Waals surface area (Å²) in [6.45, 7) is 4.27. The Morgan fingerprint density at radius 1 is 0.783 bits per heavy atom. The number of unbranched alkanes of at least 4 members (excludes halogenated alkanes) is 4. The maximum Gasteiger partial charge on any atom is 0.343 e. The van der Waals surface area contributed by atoms with Gasteiger partial charge in [0.15, 0.2) is 5.78 Å². The number of nitrogens with one attached hydrogen (secondary N) is 2. The number of anilines is 1. The number of ether oxygens (including phenoxy) is 2. The molecule has 3 aromatic carbocycles. The van der Waals surface area contributed by atoms with Crippen LogP contribution in [0.1, 0.15) is 77.1 Å². The molecule has 4 aromatic rings. The van der Waals surface area contributed by atoms with Crippen molar-refractivity contribution >= 4 is 40.6 Å². The number of ketones is 1. The van der Waals surface area contributed by atoms with Crippen molar-refractivity contribution in [1.82, 2.24) is 5.32 Å². The molecule has 0 spiro atoms. The van der Waals surface area contributed by atoms with Crippen molar-refractivity contribution in [1.29, 1.82) is 0 Å². The van der Waals surface area contributed by atoms with Gasteiger partial charge < -0.3 is 20.1 Å². The van der Waals surface area contributed by atoms with Gasteiger partial charge in [0.25, 0.3) is 5.91 Å². The van der Waals surface area contributed by atoms with Crippen LogP contribution in [0.5, 0.6) is 11.5 Å². The fourth-order valence-corrected chi connectivity index (χ4v) is 5.40. The number of Topliss-reactive ketones (excluding diaryl/α,β-unsaturated/α-hetero) is 1. The van der Waals surface area contributed by atoms with Gasteiger partial charge in [-0.15, -0.1) is 11.3 Å². The van der Waals surface area contributed by atoms with Crippen LogP contribution in [0.25, 0.3) is 0 Å². The average Bonchev–Trinajstić information content (AvgIpc) is 3.56. The van der Waals surface area contributed by atoms with Gasteiger partial charge >= 0.3 is 5.97 Å². The first-order valence-corrected chi connectivity index (χ1v) is 16.5. The molecule has 240 valence electrons. The van der Waals surface area contributed by atoms with E-state index in [0.29, 0.717) is 29.2 Å². The first kappa shape index (κ1) is 34.1. The third-order valence-corrected chi connectivity index (χ3v) is 8.20. The largest absolute Gasteiger partial charge is 0.494 e. The Kier molecular flexibility index (Phi) is 13.1. The number of benzene rings is 3. The molecule has 1 aromatic heterocycles. The number of esters is 1. The molecule has 1 atom stereocenters. The van der Waals surface area contributed by atoms with Gasteiger partial charge in [-0.2, -0.15) is 0 Å². The molecule has 0 fully saturated rings. The highest BCUT2D eigenvalue weighted by Crippen LogP contribution is 2.19. The molecule has 0 aliphatic carbocycles. The molecule has 0 aliphatic rings. The standard InChI is InChI=1S/C37H40N2O6S/c1-3-4-5-6-7-22-44-31-20-14-29(15-21-31)37(43)45-32-18-10-27(11-19-32)24-34(26(2)40)39-36(42)28-12-16-30(17-13-28)38-35(41)25-33-9-8-23-46-33/h8-21,23,34H,3-7,22,24-25H2,1-2H3,(H,38,41)(H,39,42)/t34-/m0/s1. The number of hydrogen-bond donors (Lipinski definition) is 2. The number of carbonyl (C=O) groups excluding carboxylic acids is 4. The van der Waals surface area contributed by atoms with E-state index in [2.05, 4.69) is 17.6 Å². The molecule has 0 saturated carbocycles. The van der Waals surface area contributed by atoms with Crippen molar-refractivity contribution in [2.45, 2.75) is 64.8 Å². The third kappa shape index (κ3) is 11.0. The van der Waals surface area contributed by atoms with E-state index in [4.69, 9.17) is 9.47 Å². The zero-order chi connectivity index (χ0) is 32.7. The summed E-state index contributed by atoms with van der Waals surface area (Å²) in [5, 5.41) is 7.54. The molecule has 2 N–H and O–H groups in total. The molecule has 9 heteroatoms. The van der Waals surface area contributed by atoms with E-state index in [0.717, 1.165) is 29.0 Å². The highest BCUT2D eigenvalue weighted by Gasteiger charge is 2.19. The van der Waals surface area contributed by atoms with Crippen molar-refractivity contribution in [2.75, 3.05) is 11.9 Å². The predicted molar refractivity (Wildman–Crippen MR) is 181 cm³/mol. The number of carbonyl (C=O) groups is 4. The highest BCUT2D eigenvalue weighted by atomic mass is 32.1. The van der Waals surface area contributed by atoms with Crippen molar-refractivity contribution in [3.8, 4) is 11.5 Å². The van der Waals surface area contributed by atoms with Crippen LogP contribution in [0.2, 0.25) is 0 Å². The molecule has 8 nitrogen and oxygen atoms in total. The topological polar surface area (TPSA) is 111 Å². The Bertz CT molecular complexity index is 1570. The summed E-state index contributed by atoms with van der Waals surface area (Å²) in [5.41, 5.74) is 2.15. The minimum atomic E-state index is -0.747. The fraction of sp³-hybridized carbons (Fsp3) is 0.297. The highest BCUT2D eigenvalue weighted by molar-refractivity contribution is 7.10. The van der Waals surface area contributed by atoms with Gasteiger partial charge in [-0.3, -0.25) is 14.4 Å². The van der Waals surface area contributed by atoms with E-state index in [1.165, 1.54) is 37.5 Å². The zero-order valence-electron chi connectivity index (χ0n) is 26.3. The van der Waals surface area contributed by atoms with Crippen LogP contribution in [-0.4, -0.2) is 36.2 Å². The molecule has 0 saturated heterocycles. The quantitative estimate of drug-likeness (QED) is 0.0706. The maximum absolute atomic E-state index is 12.9. The van der Waals surface area contributed by atoms with Crippen LogP contribution >= 0.6 is 11.3 Å². The minimum Gasteiger partial charge on any atom is -0.494 e. The molecule has 46 heavy (non-hydrogen) atoms. The summed E-state index contributed by atoms with van der Waals surface area (Å²) in [4.78, 5) is 51.2. The summed E-state index contributed by atoms with van der Waals surface area (Å²) in [6.07, 6.45) is 6.38. The molecular formula is C37H40N2O6S. The van der Waals surface area contributed by atoms with Crippen LogP contribution in [-0.2, 0) is 22.4 Å². The lowest BCUT2D eigenvalue weighted by Crippen LogP contribution is -2.41. The van der Waals surface area contributed by atoms with Crippen LogP contribution in [0.3, 0.4) is 0 Å². The molecule has 0 unspecified atom stereocenters. The monoisotopic (exact) mass is 640 g/mol. The molecule has 4 rings (SSSR count). The maximum atomic E-state index is 12.9. The number of hydrogen-bond acceptors (Lipinski definition) is 7. The van der Waals surface area contributed by atoms with E-state index in [1.807, 2.05) is 17.5 Å². The summed E-state index contributed by atoms with van der Waals surface area (Å²) in [5.74, 6) is -0.127. The van der Waals surface area contributed by atoms with Gasteiger partial charge in [0, 0.05) is 16.1 Å². The smallest absolute Gasteiger partial charge is 0.343 e. The minimum absolute atomic E-state index is 0.139. The first-order chi connectivity index (χ1) is 22.3. The molecule has 0 aliphatic heterocycles. The molecule has 1 heterocycles. The first-order valence-electron chi connectivity index (χ1n) is 15.6. The van der Waals surface area contributed by atoms with Crippen LogP contribution in [0.15, 0.2) is 90.3 Å². The second-order valence-corrected chi connectivity index (χ2v) is 12.1. The lowest BCUT2D eigenvalue weighted by atomic mass is 10.0. The predicted octanol–water partition coefficient (Wildman–Crippen LogP) is 7.43. The molecule has 0 bridgehead atoms. The Labute approximate surface area is 274 Å². The summed E-state index contributed by atoms with van der Waals surface area (Å²) in [7, 11) is 0. The number of rotatable bonds is 17. The van der Waals surface area contributed by atoms with Crippen LogP contribution in [0, 0.1) is 0 Å². The third-order valence-electron chi connectivity index (χ3n) is 7.32. The van der Waals surface area contributed by atoms with E-state index in [1.54, 1.807) is 72.8 Å². The van der Waals surface area contributed by atoms with E-state index in [9.17, 15) is 19.2 Å². The van der Waals surface area contributed by atoms with E-state index < -0.39 is 17.9 Å². The lowest BCUT2D eigenvalue weighted by Gasteiger charge is -2.16. The summed E-state index contributed by atoms with van der Waals surface area (Å²) < 4.78 is 11.3. The average molecular weight is 641 g/mol. The molecular weight excluding hydrogens is 600 g/mol. The molecule has 2 amide bonds. The fourth-order valence-electron chi connectivity index (χ4n) is 4.70. The number of amides is 2. The number of thiophene rings is 1. The zero-order valence-corrected chi connectivity index (χ0v) is 27.1. The van der Waals surface area contributed by atoms with Gasteiger partial charge in [-0.25, -0.2) is 4.79 Å². The van der Waals surface area contributed by atoms with Gasteiger partial charge in [0.05, 0.1) is 24.6 Å². The van der Waals surface area contributed by atoms with Gasteiger partial charge in [0.2, 0.25) is 5.91 Å². The van der Waals surface area contributed by atoms with E-state index >= 15 is 0 Å². The normalized spacial score (nSPS) is 11.3. The second kappa shape index (κ2) is 17.7. The Balaban J connectivity index is 1.24. The lowest BCUT2D eigenvalue weighted by molar-refractivity contribution is -0.119. The summed E-state index contributed by atoms with van der Waals surface area (Å²) in [6, 6.07) is 23.3. The van der Waals surface area contributed by atoms with Gasteiger partial charge in [-0.05, 0) is 97.4 Å². The Morgan fingerprint density at radius 3 is 2.11 bits per heavy atom. The van der Waals surface area contributed by atoms with Crippen molar-refractivity contribution in [3.05, 3.63) is 112 Å². The van der Waals surface area contributed by atoms with Crippen LogP contribution in [0.4, 0.5) is 5.69 Å². The summed E-state index contributed by atoms with van der Waals surface area (Å²) >= 11 is 1.52.